The van der Waals surface area contributed by atoms with E-state index in [9.17, 15) is 16.8 Å². The minimum absolute atomic E-state index is 0.0880. The topological polar surface area (TPSA) is 101 Å². The Balaban J connectivity index is 1.77. The number of anilines is 2. The highest BCUT2D eigenvalue weighted by Crippen LogP contribution is 2.26. The standard InChI is InChI=1S/C14H22N4O4S2/c1-17(11-3-5-23(19,20)8-11)13-7-14(16-10-15-13)18(2)12-4-6-24(21,22)9-12/h7,10-12H,3-6,8-9H2,1-2H3. The molecule has 1 aromatic rings. The van der Waals surface area contributed by atoms with E-state index in [1.807, 2.05) is 23.9 Å². The maximum Gasteiger partial charge on any atom is 0.152 e. The molecule has 24 heavy (non-hydrogen) atoms. The number of aromatic nitrogens is 2. The molecule has 0 spiro atoms. The predicted octanol–water partition coefficient (Wildman–Crippen LogP) is -0.277. The van der Waals surface area contributed by atoms with Crippen LogP contribution in [0.3, 0.4) is 0 Å². The van der Waals surface area contributed by atoms with Gasteiger partial charge in [-0.1, -0.05) is 0 Å². The van der Waals surface area contributed by atoms with Crippen molar-refractivity contribution in [1.29, 1.82) is 0 Å². The molecule has 0 amide bonds. The van der Waals surface area contributed by atoms with Crippen LogP contribution in [0.25, 0.3) is 0 Å². The third-order valence-corrected chi connectivity index (χ3v) is 8.37. The van der Waals surface area contributed by atoms with E-state index in [0.29, 0.717) is 24.5 Å². The molecule has 2 fully saturated rings. The second-order valence-corrected chi connectivity index (χ2v) is 11.0. The molecule has 0 saturated carbocycles. The fraction of sp³-hybridized carbons (Fsp3) is 0.714. The van der Waals surface area contributed by atoms with E-state index in [1.54, 1.807) is 6.07 Å². The van der Waals surface area contributed by atoms with Gasteiger partial charge in [-0.15, -0.1) is 0 Å². The SMILES string of the molecule is CN(c1cc(N(C)C2CCS(=O)(=O)C2)ncn1)C1CCS(=O)(=O)C1. The first-order valence-corrected chi connectivity index (χ1v) is 11.5. The maximum atomic E-state index is 11.7. The van der Waals surface area contributed by atoms with Gasteiger partial charge in [0.05, 0.1) is 23.0 Å². The van der Waals surface area contributed by atoms with Gasteiger partial charge in [0, 0.05) is 32.2 Å². The summed E-state index contributed by atoms with van der Waals surface area (Å²) in [6.45, 7) is 0. The van der Waals surface area contributed by atoms with E-state index >= 15 is 0 Å². The average molecular weight is 374 g/mol. The first-order valence-electron chi connectivity index (χ1n) is 7.85. The van der Waals surface area contributed by atoms with E-state index in [2.05, 4.69) is 9.97 Å². The van der Waals surface area contributed by atoms with E-state index in [4.69, 9.17) is 0 Å². The van der Waals surface area contributed by atoms with Crippen LogP contribution in [0.4, 0.5) is 11.6 Å². The summed E-state index contributed by atoms with van der Waals surface area (Å²) < 4.78 is 46.6. The highest BCUT2D eigenvalue weighted by Gasteiger charge is 2.33. The number of rotatable bonds is 4. The highest BCUT2D eigenvalue weighted by molar-refractivity contribution is 7.91. The van der Waals surface area contributed by atoms with Gasteiger partial charge in [0.15, 0.2) is 19.7 Å². The summed E-state index contributed by atoms with van der Waals surface area (Å²) in [6, 6.07) is 1.61. The largest absolute Gasteiger partial charge is 0.355 e. The summed E-state index contributed by atoms with van der Waals surface area (Å²) in [5.74, 6) is 1.99. The summed E-state index contributed by atoms with van der Waals surface area (Å²) in [5.41, 5.74) is 0. The van der Waals surface area contributed by atoms with Crippen LogP contribution in [0.5, 0.6) is 0 Å². The van der Waals surface area contributed by atoms with E-state index in [-0.39, 0.29) is 35.1 Å². The van der Waals surface area contributed by atoms with Gasteiger partial charge in [0.2, 0.25) is 0 Å². The van der Waals surface area contributed by atoms with Gasteiger partial charge in [-0.2, -0.15) is 0 Å². The third-order valence-electron chi connectivity index (χ3n) is 4.87. The molecular weight excluding hydrogens is 352 g/mol. The van der Waals surface area contributed by atoms with Gasteiger partial charge in [-0.05, 0) is 12.8 Å². The van der Waals surface area contributed by atoms with E-state index < -0.39 is 19.7 Å². The van der Waals surface area contributed by atoms with Crippen molar-refractivity contribution in [3.05, 3.63) is 12.4 Å². The zero-order valence-electron chi connectivity index (χ0n) is 13.8. The Labute approximate surface area is 142 Å². The molecule has 134 valence electrons. The van der Waals surface area contributed by atoms with Crippen LogP contribution in [-0.2, 0) is 19.7 Å². The number of sulfone groups is 2. The number of hydrogen-bond acceptors (Lipinski definition) is 8. The van der Waals surface area contributed by atoms with Crippen LogP contribution in [0.2, 0.25) is 0 Å². The lowest BCUT2D eigenvalue weighted by molar-refractivity contribution is 0.599. The summed E-state index contributed by atoms with van der Waals surface area (Å²) >= 11 is 0. The molecule has 2 aliphatic heterocycles. The van der Waals surface area contributed by atoms with Gasteiger partial charge < -0.3 is 9.80 Å². The second-order valence-electron chi connectivity index (χ2n) is 6.57. The van der Waals surface area contributed by atoms with Crippen LogP contribution in [-0.4, -0.2) is 76.0 Å². The van der Waals surface area contributed by atoms with Crippen molar-refractivity contribution in [3.63, 3.8) is 0 Å². The summed E-state index contributed by atoms with van der Waals surface area (Å²) in [6.07, 6.45) is 2.62. The molecule has 3 heterocycles. The molecule has 0 aliphatic carbocycles. The lowest BCUT2D eigenvalue weighted by Gasteiger charge is -2.28. The molecule has 0 radical (unpaired) electrons. The fourth-order valence-electron chi connectivity index (χ4n) is 3.26. The lowest BCUT2D eigenvalue weighted by Crippen LogP contribution is -2.35. The zero-order valence-corrected chi connectivity index (χ0v) is 15.4. The summed E-state index contributed by atoms with van der Waals surface area (Å²) in [4.78, 5) is 12.2. The minimum atomic E-state index is -2.96. The average Bonchev–Trinajstić information content (AvgIpc) is 3.07. The first-order chi connectivity index (χ1) is 11.2. The molecule has 2 unspecified atom stereocenters. The van der Waals surface area contributed by atoms with Crippen molar-refractivity contribution >= 4 is 31.3 Å². The smallest absolute Gasteiger partial charge is 0.152 e. The summed E-state index contributed by atoms with van der Waals surface area (Å²) in [7, 11) is -2.26. The van der Waals surface area contributed by atoms with Crippen LogP contribution in [0, 0.1) is 0 Å². The summed E-state index contributed by atoms with van der Waals surface area (Å²) in [5, 5.41) is 0. The Bertz CT molecular complexity index is 760. The maximum absolute atomic E-state index is 11.7. The van der Waals surface area contributed by atoms with Crippen LogP contribution in [0.15, 0.2) is 12.4 Å². The molecule has 3 rings (SSSR count). The Morgan fingerprint density at radius 3 is 1.62 bits per heavy atom. The number of hydrogen-bond donors (Lipinski definition) is 0. The zero-order chi connectivity index (χ0) is 17.5. The Morgan fingerprint density at radius 1 is 0.875 bits per heavy atom. The molecule has 2 aliphatic rings. The van der Waals surface area contributed by atoms with Crippen molar-refractivity contribution in [1.82, 2.24) is 9.97 Å². The highest BCUT2D eigenvalue weighted by atomic mass is 32.2. The van der Waals surface area contributed by atoms with Gasteiger partial charge in [-0.25, -0.2) is 26.8 Å². The molecule has 0 aromatic carbocycles. The predicted molar refractivity (Wildman–Crippen MR) is 93.0 cm³/mol. The fourth-order valence-corrected chi connectivity index (χ4v) is 6.81. The van der Waals surface area contributed by atoms with Crippen molar-refractivity contribution in [2.45, 2.75) is 24.9 Å². The van der Waals surface area contributed by atoms with Crippen LogP contribution >= 0.6 is 0 Å². The van der Waals surface area contributed by atoms with Gasteiger partial charge in [0.1, 0.15) is 18.0 Å². The first kappa shape index (κ1) is 17.4. The lowest BCUT2D eigenvalue weighted by atomic mass is 10.2. The monoisotopic (exact) mass is 374 g/mol. The van der Waals surface area contributed by atoms with E-state index in [0.717, 1.165) is 0 Å². The van der Waals surface area contributed by atoms with Crippen molar-refractivity contribution in [2.75, 3.05) is 46.9 Å². The van der Waals surface area contributed by atoms with Gasteiger partial charge >= 0.3 is 0 Å². The van der Waals surface area contributed by atoms with Crippen molar-refractivity contribution in [2.24, 2.45) is 0 Å². The quantitative estimate of drug-likeness (QED) is 0.709. The molecule has 1 aromatic heterocycles. The van der Waals surface area contributed by atoms with Crippen LogP contribution < -0.4 is 9.80 Å². The minimum Gasteiger partial charge on any atom is -0.355 e. The Morgan fingerprint density at radius 2 is 1.29 bits per heavy atom. The molecule has 10 heteroatoms. The molecule has 2 saturated heterocycles. The normalized spacial score (nSPS) is 27.9. The Kier molecular flexibility index (Phi) is 4.45. The molecule has 0 bridgehead atoms. The number of nitrogens with zero attached hydrogens (tertiary/aromatic N) is 4. The van der Waals surface area contributed by atoms with Crippen LogP contribution in [0.1, 0.15) is 12.8 Å². The van der Waals surface area contributed by atoms with Crippen molar-refractivity contribution < 1.29 is 16.8 Å². The molecule has 8 nitrogen and oxygen atoms in total. The second kappa shape index (κ2) is 6.14. The van der Waals surface area contributed by atoms with E-state index in [1.165, 1.54) is 6.33 Å². The van der Waals surface area contributed by atoms with Crippen molar-refractivity contribution in [3.8, 4) is 0 Å². The molecule has 0 N–H and O–H groups in total. The van der Waals surface area contributed by atoms with Gasteiger partial charge in [-0.3, -0.25) is 0 Å². The molecular formula is C14H22N4O4S2. The Hall–Kier alpha value is -1.42. The third kappa shape index (κ3) is 3.64. The van der Waals surface area contributed by atoms with Gasteiger partial charge in [0.25, 0.3) is 0 Å². The molecule has 2 atom stereocenters.